The van der Waals surface area contributed by atoms with Gasteiger partial charge in [0.05, 0.1) is 26.4 Å². The Labute approximate surface area is 77.0 Å². The monoisotopic (exact) mass is 189 g/mol. The van der Waals surface area contributed by atoms with E-state index in [0.717, 1.165) is 0 Å². The molecule has 0 unspecified atom stereocenters. The van der Waals surface area contributed by atoms with Gasteiger partial charge in [0, 0.05) is 13.7 Å². The van der Waals surface area contributed by atoms with Gasteiger partial charge in [-0.1, -0.05) is 0 Å². The fraction of sp³-hybridized carbons (Fsp3) is 0.875. The molecule has 1 saturated heterocycles. The van der Waals surface area contributed by atoms with E-state index in [2.05, 4.69) is 5.32 Å². The molecule has 1 aliphatic rings. The van der Waals surface area contributed by atoms with Crippen LogP contribution in [-0.4, -0.2) is 51.1 Å². The van der Waals surface area contributed by atoms with E-state index < -0.39 is 5.41 Å². The third-order valence-corrected chi connectivity index (χ3v) is 2.13. The lowest BCUT2D eigenvalue weighted by Gasteiger charge is -2.37. The maximum atomic E-state index is 11.4. The quantitative estimate of drug-likeness (QED) is 0.531. The van der Waals surface area contributed by atoms with Crippen molar-refractivity contribution in [1.29, 1.82) is 0 Å². The minimum Gasteiger partial charge on any atom is -0.395 e. The Morgan fingerprint density at radius 2 is 2.38 bits per heavy atom. The van der Waals surface area contributed by atoms with Gasteiger partial charge in [-0.3, -0.25) is 4.79 Å². The lowest BCUT2D eigenvalue weighted by Crippen LogP contribution is -2.56. The van der Waals surface area contributed by atoms with Crippen LogP contribution in [0.15, 0.2) is 0 Å². The molecule has 13 heavy (non-hydrogen) atoms. The standard InChI is InChI=1S/C8H15NO4/c1-12-3-2-9-7(11)8(4-10)5-13-6-8/h10H,2-6H2,1H3,(H,9,11). The number of rotatable bonds is 5. The summed E-state index contributed by atoms with van der Waals surface area (Å²) < 4.78 is 9.69. The lowest BCUT2D eigenvalue weighted by atomic mass is 9.86. The van der Waals surface area contributed by atoms with Crippen molar-refractivity contribution >= 4 is 5.91 Å². The molecule has 0 aromatic heterocycles. The Hall–Kier alpha value is -0.650. The van der Waals surface area contributed by atoms with E-state index in [1.807, 2.05) is 0 Å². The summed E-state index contributed by atoms with van der Waals surface area (Å²) in [6, 6.07) is 0. The van der Waals surface area contributed by atoms with E-state index >= 15 is 0 Å². The van der Waals surface area contributed by atoms with Gasteiger partial charge in [0.1, 0.15) is 5.41 Å². The van der Waals surface area contributed by atoms with Gasteiger partial charge in [-0.15, -0.1) is 0 Å². The molecule has 1 rings (SSSR count). The van der Waals surface area contributed by atoms with E-state index in [0.29, 0.717) is 26.4 Å². The topological polar surface area (TPSA) is 67.8 Å². The second-order valence-corrected chi connectivity index (χ2v) is 3.18. The van der Waals surface area contributed by atoms with Gasteiger partial charge in [-0.05, 0) is 0 Å². The van der Waals surface area contributed by atoms with Gasteiger partial charge >= 0.3 is 0 Å². The van der Waals surface area contributed by atoms with Crippen molar-refractivity contribution in [3.05, 3.63) is 0 Å². The number of amides is 1. The first-order chi connectivity index (χ1) is 6.25. The highest BCUT2D eigenvalue weighted by atomic mass is 16.5. The van der Waals surface area contributed by atoms with Crippen molar-refractivity contribution in [2.45, 2.75) is 0 Å². The summed E-state index contributed by atoms with van der Waals surface area (Å²) in [6.45, 7) is 1.40. The third-order valence-electron chi connectivity index (χ3n) is 2.13. The molecule has 0 radical (unpaired) electrons. The summed E-state index contributed by atoms with van der Waals surface area (Å²) in [5.74, 6) is -0.154. The molecule has 2 N–H and O–H groups in total. The van der Waals surface area contributed by atoms with Crippen LogP contribution >= 0.6 is 0 Å². The highest BCUT2D eigenvalue weighted by molar-refractivity contribution is 5.83. The maximum Gasteiger partial charge on any atom is 0.233 e. The van der Waals surface area contributed by atoms with E-state index in [4.69, 9.17) is 14.6 Å². The number of nitrogens with one attached hydrogen (secondary N) is 1. The maximum absolute atomic E-state index is 11.4. The number of aliphatic hydroxyl groups is 1. The van der Waals surface area contributed by atoms with E-state index in [-0.39, 0.29) is 12.5 Å². The first kappa shape index (κ1) is 10.4. The van der Waals surface area contributed by atoms with Crippen molar-refractivity contribution in [3.8, 4) is 0 Å². The second kappa shape index (κ2) is 4.55. The Morgan fingerprint density at radius 3 is 2.77 bits per heavy atom. The Kier molecular flexibility index (Phi) is 3.65. The number of methoxy groups -OCH3 is 1. The van der Waals surface area contributed by atoms with Crippen LogP contribution in [0.2, 0.25) is 0 Å². The van der Waals surface area contributed by atoms with Crippen LogP contribution in [0.4, 0.5) is 0 Å². The van der Waals surface area contributed by atoms with Crippen LogP contribution in [0, 0.1) is 5.41 Å². The fourth-order valence-electron chi connectivity index (χ4n) is 1.10. The summed E-state index contributed by atoms with van der Waals surface area (Å²) >= 11 is 0. The largest absolute Gasteiger partial charge is 0.395 e. The van der Waals surface area contributed by atoms with Crippen molar-refractivity contribution in [1.82, 2.24) is 5.32 Å². The first-order valence-electron chi connectivity index (χ1n) is 4.21. The van der Waals surface area contributed by atoms with Crippen LogP contribution in [-0.2, 0) is 14.3 Å². The molecule has 76 valence electrons. The predicted octanol–water partition coefficient (Wildman–Crippen LogP) is -1.24. The number of carbonyl (C=O) groups is 1. The van der Waals surface area contributed by atoms with Crippen molar-refractivity contribution in [2.24, 2.45) is 5.41 Å². The summed E-state index contributed by atoms with van der Waals surface area (Å²) in [5, 5.41) is 11.7. The molecule has 0 aromatic carbocycles. The molecule has 0 saturated carbocycles. The molecule has 0 atom stereocenters. The normalized spacial score (nSPS) is 19.2. The molecule has 0 bridgehead atoms. The molecule has 1 aliphatic heterocycles. The SMILES string of the molecule is COCCNC(=O)C1(CO)COC1. The van der Waals surface area contributed by atoms with Crippen LogP contribution in [0.25, 0.3) is 0 Å². The van der Waals surface area contributed by atoms with Gasteiger partial charge in [-0.25, -0.2) is 0 Å². The summed E-state index contributed by atoms with van der Waals surface area (Å²) in [7, 11) is 1.57. The van der Waals surface area contributed by atoms with Crippen LogP contribution in [0.5, 0.6) is 0 Å². The average molecular weight is 189 g/mol. The van der Waals surface area contributed by atoms with Gasteiger partial charge in [0.15, 0.2) is 0 Å². The molecular weight excluding hydrogens is 174 g/mol. The van der Waals surface area contributed by atoms with E-state index in [1.165, 1.54) is 0 Å². The number of ether oxygens (including phenoxy) is 2. The van der Waals surface area contributed by atoms with E-state index in [9.17, 15) is 4.79 Å². The number of aliphatic hydroxyl groups excluding tert-OH is 1. The van der Waals surface area contributed by atoms with Crippen LogP contribution < -0.4 is 5.32 Å². The minimum absolute atomic E-state index is 0.154. The minimum atomic E-state index is -0.701. The zero-order chi connectivity index (χ0) is 9.73. The first-order valence-corrected chi connectivity index (χ1v) is 4.21. The summed E-state index contributed by atoms with van der Waals surface area (Å²) in [4.78, 5) is 11.4. The van der Waals surface area contributed by atoms with Gasteiger partial charge in [-0.2, -0.15) is 0 Å². The van der Waals surface area contributed by atoms with Gasteiger partial charge in [0.25, 0.3) is 0 Å². The van der Waals surface area contributed by atoms with Crippen molar-refractivity contribution in [3.63, 3.8) is 0 Å². The Balaban J connectivity index is 2.28. The molecule has 0 aliphatic carbocycles. The number of hydrogen-bond donors (Lipinski definition) is 2. The van der Waals surface area contributed by atoms with E-state index in [1.54, 1.807) is 7.11 Å². The van der Waals surface area contributed by atoms with Crippen LogP contribution in [0.1, 0.15) is 0 Å². The summed E-state index contributed by atoms with van der Waals surface area (Å²) in [6.07, 6.45) is 0. The molecule has 0 spiro atoms. The lowest BCUT2D eigenvalue weighted by molar-refractivity contribution is -0.170. The predicted molar refractivity (Wildman–Crippen MR) is 45.2 cm³/mol. The zero-order valence-corrected chi connectivity index (χ0v) is 7.71. The molecule has 1 fully saturated rings. The molecule has 0 aromatic rings. The van der Waals surface area contributed by atoms with Crippen LogP contribution in [0.3, 0.4) is 0 Å². The third kappa shape index (κ3) is 2.18. The Bertz CT molecular complexity index is 173. The number of carbonyl (C=O) groups excluding carboxylic acids is 1. The van der Waals surface area contributed by atoms with Gasteiger partial charge < -0.3 is 19.9 Å². The molecule has 5 nitrogen and oxygen atoms in total. The second-order valence-electron chi connectivity index (χ2n) is 3.18. The zero-order valence-electron chi connectivity index (χ0n) is 7.71. The average Bonchev–Trinajstić information content (AvgIpc) is 2.04. The van der Waals surface area contributed by atoms with Gasteiger partial charge in [0.2, 0.25) is 5.91 Å². The Morgan fingerprint density at radius 1 is 1.69 bits per heavy atom. The highest BCUT2D eigenvalue weighted by Gasteiger charge is 2.45. The molecule has 5 heteroatoms. The molecule has 1 heterocycles. The smallest absolute Gasteiger partial charge is 0.233 e. The number of hydrogen-bond acceptors (Lipinski definition) is 4. The highest BCUT2D eigenvalue weighted by Crippen LogP contribution is 2.26. The molecular formula is C8H15NO4. The van der Waals surface area contributed by atoms with Crippen molar-refractivity contribution < 1.29 is 19.4 Å². The molecule has 1 amide bonds. The van der Waals surface area contributed by atoms with Crippen molar-refractivity contribution in [2.75, 3.05) is 40.1 Å². The summed E-state index contributed by atoms with van der Waals surface area (Å²) in [5.41, 5.74) is -0.701. The fourth-order valence-corrected chi connectivity index (χ4v) is 1.10.